The molecule has 1 aliphatic carbocycles. The molecule has 0 N–H and O–H groups in total. The number of hydrogen-bond acceptors (Lipinski definition) is 1. The van der Waals surface area contributed by atoms with Crippen molar-refractivity contribution in [3.63, 3.8) is 0 Å². The molecule has 3 heteroatoms. The van der Waals surface area contributed by atoms with Gasteiger partial charge in [0, 0.05) is 5.92 Å². The Morgan fingerprint density at radius 1 is 1.50 bits per heavy atom. The van der Waals surface area contributed by atoms with Gasteiger partial charge in [-0.2, -0.15) is 0 Å². The van der Waals surface area contributed by atoms with Crippen LogP contribution in [0.2, 0.25) is 0 Å². The molecule has 0 bridgehead atoms. The molecule has 0 aromatic rings. The molecule has 1 atom stereocenters. The van der Waals surface area contributed by atoms with Gasteiger partial charge in [-0.05, 0) is 38.3 Å². The van der Waals surface area contributed by atoms with Gasteiger partial charge in [-0.15, -0.1) is 0 Å². The molecule has 12 heavy (non-hydrogen) atoms. The second-order valence-corrected chi connectivity index (χ2v) is 3.69. The van der Waals surface area contributed by atoms with Gasteiger partial charge in [-0.1, -0.05) is 0 Å². The van der Waals surface area contributed by atoms with Crippen molar-refractivity contribution in [3.05, 3.63) is 11.6 Å². The number of fused-ring (bicyclic) bond motifs is 1. The molecule has 0 saturated carbocycles. The van der Waals surface area contributed by atoms with Crippen LogP contribution in [0.1, 0.15) is 26.7 Å². The van der Waals surface area contributed by atoms with Crippen LogP contribution in [0.15, 0.2) is 5.57 Å². The van der Waals surface area contributed by atoms with Gasteiger partial charge >= 0.3 is 27.7 Å². The summed E-state index contributed by atoms with van der Waals surface area (Å²) < 4.78 is 5.61. The van der Waals surface area contributed by atoms with Crippen molar-refractivity contribution < 1.29 is 44.8 Å². The van der Waals surface area contributed by atoms with Crippen molar-refractivity contribution in [3.8, 4) is 0 Å². The second-order valence-electron chi connectivity index (χ2n) is 3.69. The first kappa shape index (κ1) is 12.9. The van der Waals surface area contributed by atoms with Gasteiger partial charge in [0.05, 0.1) is 12.2 Å². The van der Waals surface area contributed by atoms with Crippen molar-refractivity contribution in [2.24, 2.45) is 5.92 Å². The van der Waals surface area contributed by atoms with E-state index in [1.54, 1.807) is 0 Å². The Balaban J connectivity index is 0.000000605. The molecule has 2 radical (unpaired) electrons. The first-order chi connectivity index (χ1) is 4.70. The Kier molecular flexibility index (Phi) is 4.77. The Hall–Kier alpha value is 0.925. The summed E-state index contributed by atoms with van der Waals surface area (Å²) in [5.41, 5.74) is 1.52. The van der Waals surface area contributed by atoms with Gasteiger partial charge in [-0.3, -0.25) is 0 Å². The largest absolute Gasteiger partial charge is 1.00 e. The zero-order chi connectivity index (χ0) is 7.19. The zero-order valence-electron chi connectivity index (χ0n) is 7.69. The van der Waals surface area contributed by atoms with E-state index in [0.717, 1.165) is 13.0 Å². The van der Waals surface area contributed by atoms with Crippen LogP contribution in [-0.4, -0.2) is 12.2 Å². The number of hydrogen-bond donors (Lipinski definition) is 0. The number of rotatable bonds is 0. The van der Waals surface area contributed by atoms with Gasteiger partial charge < -0.3 is 17.1 Å². The molecule has 2 aliphatic rings. The average Bonchev–Trinajstić information content (AvgIpc) is 2.36. The Labute approximate surface area is 101 Å². The Morgan fingerprint density at radius 2 is 2.17 bits per heavy atom. The molecule has 0 amide bonds. The van der Waals surface area contributed by atoms with E-state index in [-0.39, 0.29) is 45.7 Å². The molecule has 1 heterocycles. The fourth-order valence-corrected chi connectivity index (χ4v) is 1.96. The van der Waals surface area contributed by atoms with Crippen LogP contribution in [0.5, 0.6) is 0 Å². The number of ether oxygens (including phenoxy) is 1. The van der Waals surface area contributed by atoms with E-state index < -0.39 is 0 Å². The summed E-state index contributed by atoms with van der Waals surface area (Å²) in [5, 5.41) is 0. The van der Waals surface area contributed by atoms with Crippen molar-refractivity contribution >= 4 is 0 Å². The maximum atomic E-state index is 5.61. The summed E-state index contributed by atoms with van der Waals surface area (Å²) in [5.74, 6) is 0.674. The van der Waals surface area contributed by atoms with E-state index in [0.29, 0.717) is 5.92 Å². The van der Waals surface area contributed by atoms with Crippen LogP contribution in [0.3, 0.4) is 0 Å². The van der Waals surface area contributed by atoms with Crippen LogP contribution < -0.4 is 12.4 Å². The monoisotopic (exact) mass is 374 g/mol. The van der Waals surface area contributed by atoms with Gasteiger partial charge in [-0.25, -0.2) is 0 Å². The van der Waals surface area contributed by atoms with Crippen molar-refractivity contribution in [1.29, 1.82) is 0 Å². The molecule has 0 aromatic carbocycles. The molecule has 1 fully saturated rings. The fraction of sp³-hybridized carbons (Fsp3) is 0.778. The van der Waals surface area contributed by atoms with Crippen molar-refractivity contribution in [1.82, 2.24) is 0 Å². The first-order valence-electron chi connectivity index (χ1n) is 3.94. The fourth-order valence-electron chi connectivity index (χ4n) is 1.96. The molecule has 0 spiro atoms. The third kappa shape index (κ3) is 2.05. The minimum Gasteiger partial charge on any atom is -1.00 e. The SMILES string of the molecule is CC1(C)OCC2=[C]CCC21.[Cl-].[Hg+]. The molecule has 1 aliphatic heterocycles. The molecule has 64 valence electrons. The van der Waals surface area contributed by atoms with E-state index in [4.69, 9.17) is 4.74 Å². The average molecular weight is 373 g/mol. The van der Waals surface area contributed by atoms with E-state index in [9.17, 15) is 0 Å². The summed E-state index contributed by atoms with van der Waals surface area (Å²) in [6.45, 7) is 5.19. The molecule has 0 aromatic heterocycles. The number of halogens is 1. The van der Waals surface area contributed by atoms with E-state index in [2.05, 4.69) is 19.9 Å². The minimum absolute atomic E-state index is 0. The normalized spacial score (nSPS) is 29.8. The summed E-state index contributed by atoms with van der Waals surface area (Å²) in [6, 6.07) is 0. The van der Waals surface area contributed by atoms with Crippen molar-refractivity contribution in [2.75, 3.05) is 6.61 Å². The van der Waals surface area contributed by atoms with Crippen LogP contribution in [0, 0.1) is 12.0 Å². The van der Waals surface area contributed by atoms with Crippen LogP contribution in [0.25, 0.3) is 0 Å². The molecule has 1 saturated heterocycles. The third-order valence-corrected chi connectivity index (χ3v) is 2.64. The molecule has 2 rings (SSSR count). The quantitative estimate of drug-likeness (QED) is 0.492. The Morgan fingerprint density at radius 3 is 2.75 bits per heavy atom. The third-order valence-electron chi connectivity index (χ3n) is 2.64. The summed E-state index contributed by atoms with van der Waals surface area (Å²) in [4.78, 5) is 0. The summed E-state index contributed by atoms with van der Waals surface area (Å²) >= 11 is 0. The summed E-state index contributed by atoms with van der Waals surface area (Å²) in [7, 11) is 0. The van der Waals surface area contributed by atoms with Crippen LogP contribution >= 0.6 is 0 Å². The molecule has 1 nitrogen and oxygen atoms in total. The van der Waals surface area contributed by atoms with Crippen LogP contribution in [0.4, 0.5) is 0 Å². The maximum absolute atomic E-state index is 5.61. The van der Waals surface area contributed by atoms with Gasteiger partial charge in [0.2, 0.25) is 0 Å². The number of allylic oxidation sites excluding steroid dienone is 1. The van der Waals surface area contributed by atoms with Crippen molar-refractivity contribution in [2.45, 2.75) is 32.3 Å². The standard InChI is InChI=1S/C9H13O.ClH.Hg/c1-9(2)8-5-3-4-7(8)6-10-9;;/h8H,3,5-6H2,1-2H3;1H;/q;;+1/p-1. The topological polar surface area (TPSA) is 9.23 Å². The van der Waals surface area contributed by atoms with Gasteiger partial charge in [0.15, 0.2) is 0 Å². The first-order valence-corrected chi connectivity index (χ1v) is 3.94. The van der Waals surface area contributed by atoms with E-state index in [1.807, 2.05) is 0 Å². The predicted octanol–water partition coefficient (Wildman–Crippen LogP) is -1.06. The summed E-state index contributed by atoms with van der Waals surface area (Å²) in [6.07, 6.45) is 5.76. The van der Waals surface area contributed by atoms with Gasteiger partial charge in [0.25, 0.3) is 0 Å². The second kappa shape index (κ2) is 4.43. The minimum atomic E-state index is 0. The smallest absolute Gasteiger partial charge is 1.00 e. The van der Waals surface area contributed by atoms with E-state index in [1.165, 1.54) is 12.0 Å². The Bertz CT molecular complexity index is 189. The predicted molar refractivity (Wildman–Crippen MR) is 39.5 cm³/mol. The molecular formula is C9H13ClHgO. The van der Waals surface area contributed by atoms with Crippen LogP contribution in [-0.2, 0) is 32.4 Å². The maximum Gasteiger partial charge on any atom is 1.00 e. The molecular weight excluding hydrogens is 360 g/mol. The van der Waals surface area contributed by atoms with Gasteiger partial charge in [0.1, 0.15) is 0 Å². The molecule has 1 unspecified atom stereocenters. The zero-order valence-corrected chi connectivity index (χ0v) is 13.9. The van der Waals surface area contributed by atoms with E-state index >= 15 is 0 Å².